The Morgan fingerprint density at radius 1 is 1.37 bits per heavy atom. The Bertz CT molecular complexity index is 1180. The van der Waals surface area contributed by atoms with Crippen molar-refractivity contribution in [1.29, 1.82) is 0 Å². The van der Waals surface area contributed by atoms with Gasteiger partial charge in [-0.25, -0.2) is 14.2 Å². The minimum atomic E-state index is -0.148. The van der Waals surface area contributed by atoms with E-state index in [1.54, 1.807) is 58.3 Å². The van der Waals surface area contributed by atoms with Crippen LogP contribution < -0.4 is 15.7 Å². The van der Waals surface area contributed by atoms with E-state index in [4.69, 9.17) is 4.74 Å². The molecule has 0 aromatic carbocycles. The number of hydrogen-bond acceptors (Lipinski definition) is 6. The molecule has 0 unspecified atom stereocenters. The van der Waals surface area contributed by atoms with E-state index in [0.717, 1.165) is 5.69 Å². The molecule has 3 aromatic heterocycles. The summed E-state index contributed by atoms with van der Waals surface area (Å²) in [7, 11) is 5.12. The van der Waals surface area contributed by atoms with E-state index in [0.29, 0.717) is 35.7 Å². The summed E-state index contributed by atoms with van der Waals surface area (Å²) in [5.41, 5.74) is 2.49. The van der Waals surface area contributed by atoms with Gasteiger partial charge in [0, 0.05) is 44.3 Å². The SMILES string of the molecule is C=CC(=O)N(C)C1CC(n2cc(Nc3cn(C)nc3OC)c3ncc(C)n3c2=O)C1. The largest absolute Gasteiger partial charge is 0.478 e. The number of carbonyl (C=O) groups excluding carboxylic acids is 1. The fourth-order valence-corrected chi connectivity index (χ4v) is 3.86. The van der Waals surface area contributed by atoms with Gasteiger partial charge in [-0.3, -0.25) is 14.0 Å². The first-order valence-corrected chi connectivity index (χ1v) is 9.67. The van der Waals surface area contributed by atoms with Gasteiger partial charge in [0.15, 0.2) is 5.65 Å². The summed E-state index contributed by atoms with van der Waals surface area (Å²) in [6.07, 6.45) is 7.97. The zero-order valence-corrected chi connectivity index (χ0v) is 17.5. The van der Waals surface area contributed by atoms with Crippen molar-refractivity contribution < 1.29 is 9.53 Å². The van der Waals surface area contributed by atoms with Crippen molar-refractivity contribution in [3.63, 3.8) is 0 Å². The van der Waals surface area contributed by atoms with Crippen molar-refractivity contribution in [2.75, 3.05) is 19.5 Å². The number of hydrogen-bond donors (Lipinski definition) is 1. The van der Waals surface area contributed by atoms with Crippen LogP contribution >= 0.6 is 0 Å². The van der Waals surface area contributed by atoms with Crippen LogP contribution in [0.5, 0.6) is 5.88 Å². The normalized spacial score (nSPS) is 18.1. The Morgan fingerprint density at radius 2 is 2.10 bits per heavy atom. The number of rotatable bonds is 6. The molecule has 0 saturated heterocycles. The van der Waals surface area contributed by atoms with Crippen LogP contribution in [0.3, 0.4) is 0 Å². The zero-order valence-electron chi connectivity index (χ0n) is 17.5. The first-order chi connectivity index (χ1) is 14.3. The lowest BCUT2D eigenvalue weighted by Gasteiger charge is -2.41. The molecular weight excluding hydrogens is 386 g/mol. The van der Waals surface area contributed by atoms with Gasteiger partial charge < -0.3 is 15.0 Å². The van der Waals surface area contributed by atoms with Crippen molar-refractivity contribution in [2.45, 2.75) is 31.8 Å². The van der Waals surface area contributed by atoms with Gasteiger partial charge in [0.25, 0.3) is 5.88 Å². The van der Waals surface area contributed by atoms with E-state index >= 15 is 0 Å². The third kappa shape index (κ3) is 3.14. The maximum absolute atomic E-state index is 13.2. The van der Waals surface area contributed by atoms with Crippen molar-refractivity contribution in [3.8, 4) is 5.88 Å². The maximum atomic E-state index is 13.2. The first-order valence-electron chi connectivity index (χ1n) is 9.67. The topological polar surface area (TPSA) is 98.7 Å². The summed E-state index contributed by atoms with van der Waals surface area (Å²) >= 11 is 0. The molecule has 4 rings (SSSR count). The quantitative estimate of drug-likeness (QED) is 0.619. The summed E-state index contributed by atoms with van der Waals surface area (Å²) in [5, 5.41) is 7.56. The number of fused-ring (bicyclic) bond motifs is 1. The minimum absolute atomic E-state index is 0.00916. The van der Waals surface area contributed by atoms with E-state index in [1.807, 2.05) is 6.92 Å². The van der Waals surface area contributed by atoms with Gasteiger partial charge in [-0.1, -0.05) is 6.58 Å². The second-order valence-electron chi connectivity index (χ2n) is 7.57. The number of amides is 1. The zero-order chi connectivity index (χ0) is 21.6. The third-order valence-corrected chi connectivity index (χ3v) is 5.67. The molecule has 30 heavy (non-hydrogen) atoms. The summed E-state index contributed by atoms with van der Waals surface area (Å²) in [5.74, 6) is 0.336. The van der Waals surface area contributed by atoms with Gasteiger partial charge in [0.2, 0.25) is 5.91 Å². The van der Waals surface area contributed by atoms with E-state index in [9.17, 15) is 9.59 Å². The standard InChI is InChI=1S/C20H25N7O3/c1-6-17(28)25(4)13-7-14(8-13)26-11-15(18-21-9-12(2)27(18)20(26)29)22-16-10-24(3)23-19(16)30-5/h6,9-11,13-14,22H,1,7-8H2,2-5H3. The van der Waals surface area contributed by atoms with Gasteiger partial charge in [-0.2, -0.15) is 0 Å². The molecule has 158 valence electrons. The molecule has 0 bridgehead atoms. The van der Waals surface area contributed by atoms with Crippen LogP contribution in [0.4, 0.5) is 11.4 Å². The fourth-order valence-electron chi connectivity index (χ4n) is 3.86. The monoisotopic (exact) mass is 411 g/mol. The summed E-state index contributed by atoms with van der Waals surface area (Å²) < 4.78 is 10.3. The van der Waals surface area contributed by atoms with Crippen LogP contribution in [-0.4, -0.2) is 54.7 Å². The predicted molar refractivity (Wildman–Crippen MR) is 112 cm³/mol. The molecule has 0 spiro atoms. The lowest BCUT2D eigenvalue weighted by Crippen LogP contribution is -2.48. The van der Waals surface area contributed by atoms with Crippen LogP contribution in [0, 0.1) is 6.92 Å². The van der Waals surface area contributed by atoms with E-state index in [-0.39, 0.29) is 23.7 Å². The number of imidazole rings is 1. The van der Waals surface area contributed by atoms with Gasteiger partial charge >= 0.3 is 5.69 Å². The molecule has 1 amide bonds. The number of carbonyl (C=O) groups is 1. The highest BCUT2D eigenvalue weighted by Gasteiger charge is 2.36. The van der Waals surface area contributed by atoms with E-state index in [2.05, 4.69) is 22.0 Å². The van der Waals surface area contributed by atoms with Crippen LogP contribution in [0.1, 0.15) is 24.6 Å². The predicted octanol–water partition coefficient (Wildman–Crippen LogP) is 1.64. The molecule has 10 heteroatoms. The second kappa shape index (κ2) is 7.36. The molecule has 0 radical (unpaired) electrons. The molecule has 0 atom stereocenters. The van der Waals surface area contributed by atoms with E-state index < -0.39 is 0 Å². The molecule has 3 heterocycles. The number of aryl methyl sites for hydroxylation is 2. The molecule has 1 saturated carbocycles. The molecule has 1 aliphatic carbocycles. The highest BCUT2D eigenvalue weighted by atomic mass is 16.5. The van der Waals surface area contributed by atoms with E-state index in [1.165, 1.54) is 6.08 Å². The Hall–Kier alpha value is -3.56. The van der Waals surface area contributed by atoms with Gasteiger partial charge in [-0.05, 0) is 25.8 Å². The average molecular weight is 411 g/mol. The lowest BCUT2D eigenvalue weighted by molar-refractivity contribution is -0.129. The van der Waals surface area contributed by atoms with Crippen molar-refractivity contribution in [3.05, 3.63) is 47.4 Å². The lowest BCUT2D eigenvalue weighted by atomic mass is 9.85. The molecule has 3 aromatic rings. The first kappa shape index (κ1) is 19.7. The molecular formula is C20H25N7O3. The van der Waals surface area contributed by atoms with Gasteiger partial charge in [0.05, 0.1) is 19.0 Å². The number of nitrogens with one attached hydrogen (secondary N) is 1. The maximum Gasteiger partial charge on any atom is 0.334 e. The minimum Gasteiger partial charge on any atom is -0.478 e. The number of ether oxygens (including phenoxy) is 1. The number of methoxy groups -OCH3 is 1. The Morgan fingerprint density at radius 3 is 2.77 bits per heavy atom. The number of likely N-dealkylation sites (N-methyl/N-ethyl adjacent to an activating group) is 1. The van der Waals surface area contributed by atoms with Crippen LogP contribution in [0.2, 0.25) is 0 Å². The van der Waals surface area contributed by atoms with Crippen LogP contribution in [0.25, 0.3) is 5.65 Å². The van der Waals surface area contributed by atoms with Crippen molar-refractivity contribution >= 4 is 22.9 Å². The molecule has 1 N–H and O–H groups in total. The molecule has 0 aliphatic heterocycles. The average Bonchev–Trinajstić information content (AvgIpc) is 3.25. The molecule has 10 nitrogen and oxygen atoms in total. The summed E-state index contributed by atoms with van der Waals surface area (Å²) in [4.78, 5) is 31.1. The summed E-state index contributed by atoms with van der Waals surface area (Å²) in [6, 6.07) is 0.0758. The second-order valence-corrected chi connectivity index (χ2v) is 7.57. The Labute approximate surface area is 173 Å². The Kier molecular flexibility index (Phi) is 4.84. The highest BCUT2D eigenvalue weighted by Crippen LogP contribution is 2.36. The highest BCUT2D eigenvalue weighted by molar-refractivity contribution is 5.87. The number of aromatic nitrogens is 5. The van der Waals surface area contributed by atoms with Crippen LogP contribution in [-0.2, 0) is 11.8 Å². The smallest absolute Gasteiger partial charge is 0.334 e. The summed E-state index contributed by atoms with van der Waals surface area (Å²) in [6.45, 7) is 5.38. The number of nitrogens with zero attached hydrogens (tertiary/aromatic N) is 6. The number of anilines is 2. The molecule has 1 aliphatic rings. The fraction of sp³-hybridized carbons (Fsp3) is 0.400. The third-order valence-electron chi connectivity index (χ3n) is 5.67. The van der Waals surface area contributed by atoms with Crippen LogP contribution in [0.15, 0.2) is 36.0 Å². The van der Waals surface area contributed by atoms with Gasteiger partial charge in [0.1, 0.15) is 5.69 Å². The Balaban J connectivity index is 1.71. The molecule has 1 fully saturated rings. The van der Waals surface area contributed by atoms with Gasteiger partial charge in [-0.15, -0.1) is 5.10 Å². The van der Waals surface area contributed by atoms with Crippen molar-refractivity contribution in [2.24, 2.45) is 7.05 Å². The van der Waals surface area contributed by atoms with Crippen molar-refractivity contribution in [1.82, 2.24) is 28.6 Å².